The number of aliphatic hydroxyl groups excluding tert-OH is 1. The number of hydrogen-bond acceptors (Lipinski definition) is 4. The topological polar surface area (TPSA) is 59.3 Å². The van der Waals surface area contributed by atoms with E-state index in [4.69, 9.17) is 9.84 Å². The average Bonchev–Trinajstić information content (AvgIpc) is 2.85. The smallest absolute Gasteiger partial charge is 0.142 e. The van der Waals surface area contributed by atoms with E-state index in [9.17, 15) is 0 Å². The van der Waals surface area contributed by atoms with Gasteiger partial charge in [-0.25, -0.2) is 0 Å². The number of hydrogen-bond donors (Lipinski definition) is 2. The van der Waals surface area contributed by atoms with Gasteiger partial charge >= 0.3 is 0 Å². The summed E-state index contributed by atoms with van der Waals surface area (Å²) in [5.41, 5.74) is 1.97. The minimum Gasteiger partial charge on any atom is -0.495 e. The van der Waals surface area contributed by atoms with Crippen LogP contribution in [-0.2, 0) is 13.1 Å². The third-order valence-electron chi connectivity index (χ3n) is 2.66. The molecule has 0 radical (unpaired) electrons. The molecule has 2 aromatic rings. The van der Waals surface area contributed by atoms with E-state index in [1.807, 2.05) is 24.4 Å². The lowest BCUT2D eigenvalue weighted by Gasteiger charge is -2.10. The number of aromatic nitrogens is 2. The van der Waals surface area contributed by atoms with E-state index in [1.165, 1.54) is 0 Å². The second kappa shape index (κ2) is 6.58. The Bertz CT molecular complexity index is 542. The molecule has 0 spiro atoms. The summed E-state index contributed by atoms with van der Waals surface area (Å²) in [5, 5.41) is 16.3. The molecule has 0 aliphatic heterocycles. The van der Waals surface area contributed by atoms with Gasteiger partial charge in [-0.2, -0.15) is 5.10 Å². The van der Waals surface area contributed by atoms with E-state index < -0.39 is 0 Å². The van der Waals surface area contributed by atoms with Crippen molar-refractivity contribution in [3.05, 3.63) is 40.6 Å². The van der Waals surface area contributed by atoms with Crippen LogP contribution in [0.1, 0.15) is 5.56 Å². The van der Waals surface area contributed by atoms with Gasteiger partial charge in [0.25, 0.3) is 0 Å². The minimum absolute atomic E-state index is 0.0913. The van der Waals surface area contributed by atoms with Crippen LogP contribution in [0.4, 0.5) is 5.69 Å². The second-order valence-corrected chi connectivity index (χ2v) is 4.95. The fraction of sp³-hybridized carbons (Fsp3) is 0.308. The van der Waals surface area contributed by atoms with Crippen molar-refractivity contribution >= 4 is 21.6 Å². The zero-order valence-electron chi connectivity index (χ0n) is 10.6. The Morgan fingerprint density at radius 2 is 2.32 bits per heavy atom. The highest BCUT2D eigenvalue weighted by atomic mass is 79.9. The van der Waals surface area contributed by atoms with Gasteiger partial charge in [0.15, 0.2) is 0 Å². The van der Waals surface area contributed by atoms with Crippen LogP contribution in [0.2, 0.25) is 0 Å². The number of aliphatic hydroxyl groups is 1. The van der Waals surface area contributed by atoms with E-state index in [0.717, 1.165) is 21.5 Å². The number of halogens is 1. The molecule has 0 fully saturated rings. The summed E-state index contributed by atoms with van der Waals surface area (Å²) in [6, 6.07) is 5.81. The molecule has 6 heteroatoms. The van der Waals surface area contributed by atoms with Crippen molar-refractivity contribution in [1.29, 1.82) is 0 Å². The quantitative estimate of drug-likeness (QED) is 0.855. The van der Waals surface area contributed by atoms with Crippen molar-refractivity contribution in [3.63, 3.8) is 0 Å². The van der Waals surface area contributed by atoms with Crippen molar-refractivity contribution in [2.24, 2.45) is 0 Å². The third-order valence-corrected chi connectivity index (χ3v) is 3.15. The summed E-state index contributed by atoms with van der Waals surface area (Å²) in [4.78, 5) is 0. The molecule has 1 aromatic heterocycles. The molecular formula is C13H16BrN3O2. The Morgan fingerprint density at radius 1 is 1.47 bits per heavy atom. The van der Waals surface area contributed by atoms with E-state index in [0.29, 0.717) is 13.1 Å². The van der Waals surface area contributed by atoms with Crippen LogP contribution in [0.25, 0.3) is 0 Å². The van der Waals surface area contributed by atoms with Crippen LogP contribution < -0.4 is 10.1 Å². The van der Waals surface area contributed by atoms with Gasteiger partial charge in [-0.3, -0.25) is 4.68 Å². The monoisotopic (exact) mass is 325 g/mol. The summed E-state index contributed by atoms with van der Waals surface area (Å²) < 4.78 is 8.01. The van der Waals surface area contributed by atoms with Gasteiger partial charge < -0.3 is 15.2 Å². The highest BCUT2D eigenvalue weighted by Gasteiger charge is 2.04. The molecule has 1 heterocycles. The molecule has 19 heavy (non-hydrogen) atoms. The molecule has 102 valence electrons. The molecule has 0 saturated carbocycles. The summed E-state index contributed by atoms with van der Waals surface area (Å²) in [6.45, 7) is 1.26. The van der Waals surface area contributed by atoms with Gasteiger partial charge in [-0.1, -0.05) is 15.9 Å². The lowest BCUT2D eigenvalue weighted by Crippen LogP contribution is -2.03. The van der Waals surface area contributed by atoms with E-state index in [2.05, 4.69) is 26.3 Å². The summed E-state index contributed by atoms with van der Waals surface area (Å²) in [5.74, 6) is 0.797. The number of methoxy groups -OCH3 is 1. The molecule has 0 saturated heterocycles. The van der Waals surface area contributed by atoms with Crippen LogP contribution in [0, 0.1) is 0 Å². The van der Waals surface area contributed by atoms with E-state index in [-0.39, 0.29) is 6.61 Å². The van der Waals surface area contributed by atoms with Gasteiger partial charge in [0.1, 0.15) is 5.75 Å². The van der Waals surface area contributed by atoms with Gasteiger partial charge in [0.05, 0.1) is 32.1 Å². The summed E-state index contributed by atoms with van der Waals surface area (Å²) >= 11 is 3.44. The highest BCUT2D eigenvalue weighted by Crippen LogP contribution is 2.28. The normalized spacial score (nSPS) is 10.5. The van der Waals surface area contributed by atoms with Crippen LogP contribution in [-0.4, -0.2) is 28.6 Å². The maximum absolute atomic E-state index is 8.84. The Balaban J connectivity index is 2.03. The van der Waals surface area contributed by atoms with Crippen molar-refractivity contribution in [3.8, 4) is 5.75 Å². The number of ether oxygens (including phenoxy) is 1. The standard InChI is InChI=1S/C13H16BrN3O2/c1-19-13-3-2-11(14)6-12(13)15-7-10-8-16-17(9-10)4-5-18/h2-3,6,8-9,15,18H,4-5,7H2,1H3. The largest absolute Gasteiger partial charge is 0.495 e. The van der Waals surface area contributed by atoms with Crippen LogP contribution in [0.15, 0.2) is 35.1 Å². The van der Waals surface area contributed by atoms with E-state index in [1.54, 1.807) is 18.0 Å². The molecule has 0 aliphatic carbocycles. The predicted octanol–water partition coefficient (Wildman–Crippen LogP) is 2.26. The summed E-state index contributed by atoms with van der Waals surface area (Å²) in [6.07, 6.45) is 3.70. The van der Waals surface area contributed by atoms with Crippen LogP contribution in [0.3, 0.4) is 0 Å². The number of rotatable bonds is 6. The number of anilines is 1. The molecule has 0 atom stereocenters. The van der Waals surface area contributed by atoms with E-state index >= 15 is 0 Å². The van der Waals surface area contributed by atoms with Crippen molar-refractivity contribution in [2.75, 3.05) is 19.0 Å². The van der Waals surface area contributed by atoms with Crippen molar-refractivity contribution in [2.45, 2.75) is 13.1 Å². The zero-order chi connectivity index (χ0) is 13.7. The number of benzene rings is 1. The SMILES string of the molecule is COc1ccc(Br)cc1NCc1cnn(CCO)c1. The molecule has 0 unspecified atom stereocenters. The first-order chi connectivity index (χ1) is 9.22. The lowest BCUT2D eigenvalue weighted by molar-refractivity contribution is 0.269. The van der Waals surface area contributed by atoms with Gasteiger partial charge in [0, 0.05) is 22.8 Å². The Labute approximate surface area is 120 Å². The Morgan fingerprint density at radius 3 is 3.05 bits per heavy atom. The molecule has 0 amide bonds. The molecule has 0 aliphatic rings. The maximum atomic E-state index is 8.84. The molecular weight excluding hydrogens is 310 g/mol. The molecule has 2 rings (SSSR count). The van der Waals surface area contributed by atoms with Gasteiger partial charge in [-0.15, -0.1) is 0 Å². The molecule has 1 aromatic carbocycles. The maximum Gasteiger partial charge on any atom is 0.142 e. The predicted molar refractivity (Wildman–Crippen MR) is 77.3 cm³/mol. The summed E-state index contributed by atoms with van der Waals surface area (Å²) in [7, 11) is 1.65. The third kappa shape index (κ3) is 3.71. The van der Waals surface area contributed by atoms with Crippen molar-refractivity contribution in [1.82, 2.24) is 9.78 Å². The van der Waals surface area contributed by atoms with Gasteiger partial charge in [0.2, 0.25) is 0 Å². The number of nitrogens with zero attached hydrogens (tertiary/aromatic N) is 2. The van der Waals surface area contributed by atoms with Gasteiger partial charge in [-0.05, 0) is 18.2 Å². The molecule has 0 bridgehead atoms. The van der Waals surface area contributed by atoms with Crippen molar-refractivity contribution < 1.29 is 9.84 Å². The number of nitrogens with one attached hydrogen (secondary N) is 1. The fourth-order valence-electron chi connectivity index (χ4n) is 1.74. The zero-order valence-corrected chi connectivity index (χ0v) is 12.2. The molecule has 5 nitrogen and oxygen atoms in total. The Kier molecular flexibility index (Phi) is 4.81. The average molecular weight is 326 g/mol. The highest BCUT2D eigenvalue weighted by molar-refractivity contribution is 9.10. The van der Waals surface area contributed by atoms with Crippen LogP contribution >= 0.6 is 15.9 Å². The first kappa shape index (κ1) is 13.9. The second-order valence-electron chi connectivity index (χ2n) is 4.03. The lowest BCUT2D eigenvalue weighted by atomic mass is 10.2. The first-order valence-corrected chi connectivity index (χ1v) is 6.72. The molecule has 2 N–H and O–H groups in total. The Hall–Kier alpha value is -1.53. The van der Waals surface area contributed by atoms with Crippen LogP contribution in [0.5, 0.6) is 5.75 Å². The minimum atomic E-state index is 0.0913. The fourth-order valence-corrected chi connectivity index (χ4v) is 2.10. The first-order valence-electron chi connectivity index (χ1n) is 5.92.